The van der Waals surface area contributed by atoms with E-state index in [2.05, 4.69) is 10.3 Å². The van der Waals surface area contributed by atoms with E-state index in [1.807, 2.05) is 47.8 Å². The van der Waals surface area contributed by atoms with Gasteiger partial charge in [0.25, 0.3) is 5.91 Å². The molecule has 4 amide bonds. The third kappa shape index (κ3) is 9.06. The summed E-state index contributed by atoms with van der Waals surface area (Å²) in [6.07, 6.45) is 3.27. The summed E-state index contributed by atoms with van der Waals surface area (Å²) < 4.78 is 40.9. The van der Waals surface area contributed by atoms with Gasteiger partial charge in [0, 0.05) is 66.7 Å². The molecule has 0 bridgehead atoms. The van der Waals surface area contributed by atoms with Crippen molar-refractivity contribution in [2.75, 3.05) is 32.1 Å². The summed E-state index contributed by atoms with van der Waals surface area (Å²) in [5.74, 6) is -1.63. The lowest BCUT2D eigenvalue weighted by Crippen LogP contribution is -2.54. The molecule has 0 aliphatic carbocycles. The number of aromatic nitrogens is 1. The highest BCUT2D eigenvalue weighted by atomic mass is 32.1. The van der Waals surface area contributed by atoms with Crippen molar-refractivity contribution >= 4 is 69.7 Å². The lowest BCUT2D eigenvalue weighted by Gasteiger charge is -2.33. The molecule has 1 aliphatic rings. The van der Waals surface area contributed by atoms with Gasteiger partial charge in [-0.15, -0.1) is 22.7 Å². The van der Waals surface area contributed by atoms with Crippen molar-refractivity contribution in [1.29, 1.82) is 0 Å². The van der Waals surface area contributed by atoms with Crippen molar-refractivity contribution in [2.24, 2.45) is 0 Å². The fraction of sp³-hybridized carbons (Fsp3) is 0.308. The normalized spacial score (nSPS) is 15.1. The van der Waals surface area contributed by atoms with Crippen LogP contribution >= 0.6 is 30.3 Å². The molecule has 3 aromatic carbocycles. The number of anilines is 1. The van der Waals surface area contributed by atoms with E-state index in [-0.39, 0.29) is 48.0 Å². The third-order valence-corrected chi connectivity index (χ3v) is 12.5. The summed E-state index contributed by atoms with van der Waals surface area (Å²) >= 11 is 2.46. The molecule has 0 unspecified atom stereocenters. The number of aryl methyl sites for hydroxylation is 1. The Bertz CT molecular complexity index is 2250. The SMILES string of the molecule is CN(C)C(=O)CCN(C(=O)[C@@H]1CCCN1C(=O)[C@H](CCc1ccccc1)NC(=O)c1cc2cc(C(F)(F)P(=O)(O)O)ccc2s1)c1ccc(-c2nccs2)cc1. The number of benzene rings is 3. The average molecular weight is 824 g/mol. The zero-order valence-electron chi connectivity index (χ0n) is 30.5. The van der Waals surface area contributed by atoms with Crippen LogP contribution in [-0.4, -0.2) is 87.5 Å². The van der Waals surface area contributed by atoms with Crippen LogP contribution < -0.4 is 10.2 Å². The predicted molar refractivity (Wildman–Crippen MR) is 212 cm³/mol. The summed E-state index contributed by atoms with van der Waals surface area (Å²) in [4.78, 5) is 82.7. The Hall–Kier alpha value is -4.86. The van der Waals surface area contributed by atoms with Crippen LogP contribution in [0.2, 0.25) is 0 Å². The van der Waals surface area contributed by atoms with Gasteiger partial charge in [-0.25, -0.2) is 4.98 Å². The number of likely N-dealkylation sites (tertiary alicyclic amines) is 1. The molecule has 6 rings (SSSR count). The van der Waals surface area contributed by atoms with Gasteiger partial charge in [-0.1, -0.05) is 36.4 Å². The van der Waals surface area contributed by atoms with Gasteiger partial charge < -0.3 is 29.8 Å². The lowest BCUT2D eigenvalue weighted by atomic mass is 10.0. The van der Waals surface area contributed by atoms with Crippen molar-refractivity contribution in [3.8, 4) is 10.6 Å². The number of carbonyl (C=O) groups is 4. The topological polar surface area (TPSA) is 160 Å². The molecular weight excluding hydrogens is 784 g/mol. The Kier molecular flexibility index (Phi) is 12.5. The second kappa shape index (κ2) is 17.1. The number of hydrogen-bond donors (Lipinski definition) is 3. The quantitative estimate of drug-likeness (QED) is 0.107. The highest BCUT2D eigenvalue weighted by Crippen LogP contribution is 2.59. The highest BCUT2D eigenvalue weighted by molar-refractivity contribution is 7.52. The highest BCUT2D eigenvalue weighted by Gasteiger charge is 2.50. The number of thiazole rings is 1. The number of rotatable bonds is 14. The van der Waals surface area contributed by atoms with Gasteiger partial charge in [0.15, 0.2) is 0 Å². The Morgan fingerprint density at radius 1 is 1.04 bits per heavy atom. The number of halogens is 2. The van der Waals surface area contributed by atoms with E-state index in [1.54, 1.807) is 32.4 Å². The standard InChI is InChI=1S/C39H40F2N5O7PS2/c1-44(2)34(47)18-21-45(29-14-11-26(12-15-29)36-42-19-22-55-36)38(50)31-9-6-20-46(31)37(49)30(16-10-25-7-4-3-5-8-25)43-35(48)33-24-27-23-28(13-17-32(27)56-33)39(40,41)54(51,52)53/h3-5,7-8,11-15,17,19,22-24,30-31H,6,9-10,16,18,20-21H2,1-2H3,(H,43,48)(H2,51,52,53)/t30-,31-/m0/s1. The molecule has 2 aromatic heterocycles. The number of hydrogen-bond acceptors (Lipinski definition) is 8. The van der Waals surface area contributed by atoms with E-state index >= 15 is 0 Å². The number of amides is 4. The number of thiophene rings is 1. The largest absolute Gasteiger partial charge is 0.399 e. The molecule has 0 saturated carbocycles. The Morgan fingerprint density at radius 2 is 1.77 bits per heavy atom. The van der Waals surface area contributed by atoms with Crippen LogP contribution in [0.25, 0.3) is 20.7 Å². The number of fused-ring (bicyclic) bond motifs is 1. The van der Waals surface area contributed by atoms with Gasteiger partial charge >= 0.3 is 13.3 Å². The smallest absolute Gasteiger partial charge is 0.349 e. The molecule has 56 heavy (non-hydrogen) atoms. The van der Waals surface area contributed by atoms with Gasteiger partial charge in [0.2, 0.25) is 17.7 Å². The van der Waals surface area contributed by atoms with E-state index < -0.39 is 42.7 Å². The summed E-state index contributed by atoms with van der Waals surface area (Å²) in [6.45, 7) is 0.340. The second-order valence-corrected chi connectivity index (χ2v) is 17.2. The average Bonchev–Trinajstić information content (AvgIpc) is 3.98. The molecule has 0 spiro atoms. The molecule has 294 valence electrons. The predicted octanol–water partition coefficient (Wildman–Crippen LogP) is 6.49. The van der Waals surface area contributed by atoms with E-state index in [0.717, 1.165) is 39.6 Å². The van der Waals surface area contributed by atoms with Gasteiger partial charge in [0.1, 0.15) is 17.1 Å². The first kappa shape index (κ1) is 40.8. The second-order valence-electron chi connectivity index (χ2n) is 13.6. The van der Waals surface area contributed by atoms with Crippen LogP contribution in [0, 0.1) is 0 Å². The molecule has 1 fully saturated rings. The van der Waals surface area contributed by atoms with Crippen LogP contribution in [-0.2, 0) is 31.0 Å². The van der Waals surface area contributed by atoms with E-state index in [4.69, 9.17) is 0 Å². The summed E-state index contributed by atoms with van der Waals surface area (Å²) in [6, 6.07) is 19.2. The first-order chi connectivity index (χ1) is 26.6. The van der Waals surface area contributed by atoms with Gasteiger partial charge in [0.05, 0.1) is 4.88 Å². The molecule has 3 heterocycles. The van der Waals surface area contributed by atoms with Gasteiger partial charge in [-0.3, -0.25) is 23.7 Å². The Balaban J connectivity index is 1.26. The number of carbonyl (C=O) groups excluding carboxylic acids is 4. The van der Waals surface area contributed by atoms with Crippen LogP contribution in [0.3, 0.4) is 0 Å². The number of alkyl halides is 2. The van der Waals surface area contributed by atoms with E-state index in [9.17, 15) is 42.3 Å². The summed E-state index contributed by atoms with van der Waals surface area (Å²) in [7, 11) is -2.54. The zero-order chi connectivity index (χ0) is 40.2. The molecule has 2 atom stereocenters. The molecular formula is C39H40F2N5O7PS2. The zero-order valence-corrected chi connectivity index (χ0v) is 33.0. The molecule has 3 N–H and O–H groups in total. The van der Waals surface area contributed by atoms with Crippen molar-refractivity contribution in [3.05, 3.63) is 106 Å². The molecule has 1 saturated heterocycles. The first-order valence-corrected chi connectivity index (χ1v) is 21.1. The maximum Gasteiger partial charge on any atom is 0.399 e. The van der Waals surface area contributed by atoms with Crippen molar-refractivity contribution in [2.45, 2.75) is 49.9 Å². The van der Waals surface area contributed by atoms with Crippen molar-refractivity contribution < 1.29 is 42.3 Å². The maximum absolute atomic E-state index is 14.5. The monoisotopic (exact) mass is 823 g/mol. The number of nitrogens with zero attached hydrogens (tertiary/aromatic N) is 4. The molecule has 17 heteroatoms. The van der Waals surface area contributed by atoms with Crippen LogP contribution in [0.15, 0.2) is 90.4 Å². The van der Waals surface area contributed by atoms with Crippen LogP contribution in [0.4, 0.5) is 14.5 Å². The van der Waals surface area contributed by atoms with E-state index in [0.29, 0.717) is 29.6 Å². The van der Waals surface area contributed by atoms with Crippen molar-refractivity contribution in [3.63, 3.8) is 0 Å². The lowest BCUT2D eigenvalue weighted by molar-refractivity contribution is -0.139. The number of nitrogens with one attached hydrogen (secondary N) is 1. The van der Waals surface area contributed by atoms with E-state index in [1.165, 1.54) is 38.2 Å². The maximum atomic E-state index is 14.5. The Morgan fingerprint density at radius 3 is 2.43 bits per heavy atom. The first-order valence-electron chi connectivity index (χ1n) is 17.8. The summed E-state index contributed by atoms with van der Waals surface area (Å²) in [5, 5.41) is 5.69. The minimum Gasteiger partial charge on any atom is -0.349 e. The minimum atomic E-state index is -5.81. The van der Waals surface area contributed by atoms with Crippen molar-refractivity contribution in [1.82, 2.24) is 20.1 Å². The Labute approximate surface area is 329 Å². The third-order valence-electron chi connectivity index (χ3n) is 9.61. The van der Waals surface area contributed by atoms with Gasteiger partial charge in [-0.05, 0) is 79.1 Å². The minimum absolute atomic E-state index is 0.0526. The molecule has 12 nitrogen and oxygen atoms in total. The molecule has 1 aliphatic heterocycles. The van der Waals surface area contributed by atoms with Crippen LogP contribution in [0.5, 0.6) is 0 Å². The van der Waals surface area contributed by atoms with Gasteiger partial charge in [-0.2, -0.15) is 8.78 Å². The van der Waals surface area contributed by atoms with Crippen LogP contribution in [0.1, 0.15) is 46.5 Å². The molecule has 0 radical (unpaired) electrons. The summed E-state index contributed by atoms with van der Waals surface area (Å²) in [5.41, 5.74) is -2.96. The molecule has 5 aromatic rings. The fourth-order valence-electron chi connectivity index (χ4n) is 6.57. The fourth-order valence-corrected chi connectivity index (χ4v) is 8.63.